The molecule has 134 valence electrons. The minimum Gasteiger partial charge on any atom is -0.506 e. The lowest BCUT2D eigenvalue weighted by Gasteiger charge is -2.24. The van der Waals surface area contributed by atoms with Crippen LogP contribution in [0.15, 0.2) is 47.4 Å². The number of benzene rings is 2. The van der Waals surface area contributed by atoms with Gasteiger partial charge in [0.05, 0.1) is 5.69 Å². The summed E-state index contributed by atoms with van der Waals surface area (Å²) in [5.41, 5.74) is 7.20. The van der Waals surface area contributed by atoms with Crippen molar-refractivity contribution in [2.24, 2.45) is 0 Å². The molecule has 0 aliphatic carbocycles. The van der Waals surface area contributed by atoms with Crippen molar-refractivity contribution < 1.29 is 9.90 Å². The molecule has 0 unspecified atom stereocenters. The second kappa shape index (κ2) is 6.22. The Kier molecular flexibility index (Phi) is 4.20. The zero-order valence-corrected chi connectivity index (χ0v) is 14.9. The van der Waals surface area contributed by atoms with Gasteiger partial charge in [-0.3, -0.25) is 9.59 Å². The van der Waals surface area contributed by atoms with E-state index in [1.165, 1.54) is 12.3 Å². The lowest BCUT2D eigenvalue weighted by Crippen LogP contribution is -2.24. The third-order valence-corrected chi connectivity index (χ3v) is 4.26. The van der Waals surface area contributed by atoms with E-state index in [0.717, 1.165) is 5.56 Å². The molecule has 0 bridgehead atoms. The molecular formula is C20H21N3O3. The summed E-state index contributed by atoms with van der Waals surface area (Å²) >= 11 is 0. The third kappa shape index (κ3) is 3.13. The maximum atomic E-state index is 12.7. The lowest BCUT2D eigenvalue weighted by molar-refractivity contribution is 0.102. The van der Waals surface area contributed by atoms with E-state index < -0.39 is 5.91 Å². The standard InChI is InChI=1S/C20H21N3O3/c1-20(2,3)13-8-14(21)17(24)9-16(13)23-19(26)12-10-22-15-7-5-4-6-11(15)18(12)25/h4-10,24H,21H2,1-3H3,(H,22,25)(H,23,26). The van der Waals surface area contributed by atoms with E-state index in [9.17, 15) is 14.7 Å². The van der Waals surface area contributed by atoms with E-state index in [2.05, 4.69) is 10.3 Å². The molecule has 3 aromatic rings. The molecule has 0 atom stereocenters. The first-order chi connectivity index (χ1) is 12.2. The van der Waals surface area contributed by atoms with Crippen LogP contribution in [0.2, 0.25) is 0 Å². The van der Waals surface area contributed by atoms with Crippen molar-refractivity contribution in [3.63, 3.8) is 0 Å². The largest absolute Gasteiger partial charge is 0.506 e. The van der Waals surface area contributed by atoms with Gasteiger partial charge in [0.15, 0.2) is 0 Å². The van der Waals surface area contributed by atoms with Crippen LogP contribution in [-0.4, -0.2) is 16.0 Å². The van der Waals surface area contributed by atoms with E-state index in [-0.39, 0.29) is 27.8 Å². The number of hydrogen-bond acceptors (Lipinski definition) is 4. The monoisotopic (exact) mass is 351 g/mol. The highest BCUT2D eigenvalue weighted by Crippen LogP contribution is 2.36. The highest BCUT2D eigenvalue weighted by atomic mass is 16.3. The zero-order valence-electron chi connectivity index (χ0n) is 14.9. The number of phenols is 1. The van der Waals surface area contributed by atoms with Crippen LogP contribution >= 0.6 is 0 Å². The molecule has 1 aromatic heterocycles. The SMILES string of the molecule is CC(C)(C)c1cc(N)c(O)cc1NC(=O)c1c[nH]c2ccccc2c1=O. The number of aromatic nitrogens is 1. The predicted molar refractivity (Wildman–Crippen MR) is 104 cm³/mol. The quantitative estimate of drug-likeness (QED) is 0.419. The van der Waals surface area contributed by atoms with Gasteiger partial charge in [0.25, 0.3) is 5.91 Å². The maximum Gasteiger partial charge on any atom is 0.261 e. The number of amides is 1. The van der Waals surface area contributed by atoms with Gasteiger partial charge >= 0.3 is 0 Å². The Morgan fingerprint density at radius 1 is 1.19 bits per heavy atom. The van der Waals surface area contributed by atoms with Crippen LogP contribution in [0.25, 0.3) is 10.9 Å². The first-order valence-electron chi connectivity index (χ1n) is 8.23. The summed E-state index contributed by atoms with van der Waals surface area (Å²) in [4.78, 5) is 28.3. The first-order valence-corrected chi connectivity index (χ1v) is 8.23. The van der Waals surface area contributed by atoms with Crippen LogP contribution in [0.4, 0.5) is 11.4 Å². The van der Waals surface area contributed by atoms with Crippen molar-refractivity contribution in [3.8, 4) is 5.75 Å². The van der Waals surface area contributed by atoms with Gasteiger partial charge in [-0.25, -0.2) is 0 Å². The van der Waals surface area contributed by atoms with Gasteiger partial charge in [-0.15, -0.1) is 0 Å². The van der Waals surface area contributed by atoms with Gasteiger partial charge in [-0.1, -0.05) is 32.9 Å². The number of rotatable bonds is 2. The highest BCUT2D eigenvalue weighted by Gasteiger charge is 2.22. The minimum absolute atomic E-state index is 0.000117. The van der Waals surface area contributed by atoms with Crippen LogP contribution in [0.1, 0.15) is 36.7 Å². The van der Waals surface area contributed by atoms with E-state index in [1.807, 2.05) is 26.8 Å². The Morgan fingerprint density at radius 3 is 2.58 bits per heavy atom. The van der Waals surface area contributed by atoms with Gasteiger partial charge < -0.3 is 21.1 Å². The number of fused-ring (bicyclic) bond motifs is 1. The molecule has 6 nitrogen and oxygen atoms in total. The molecule has 2 aromatic carbocycles. The molecule has 0 radical (unpaired) electrons. The fourth-order valence-electron chi connectivity index (χ4n) is 2.85. The number of pyridine rings is 1. The molecular weight excluding hydrogens is 330 g/mol. The number of phenolic OH excluding ortho intramolecular Hbond substituents is 1. The van der Waals surface area contributed by atoms with Crippen molar-refractivity contribution in [2.75, 3.05) is 11.1 Å². The number of nitrogen functional groups attached to an aromatic ring is 1. The van der Waals surface area contributed by atoms with Crippen molar-refractivity contribution in [2.45, 2.75) is 26.2 Å². The van der Waals surface area contributed by atoms with Gasteiger partial charge in [0.1, 0.15) is 11.3 Å². The molecule has 0 aliphatic rings. The van der Waals surface area contributed by atoms with Crippen LogP contribution < -0.4 is 16.5 Å². The fraction of sp³-hybridized carbons (Fsp3) is 0.200. The summed E-state index contributed by atoms with van der Waals surface area (Å²) in [5, 5.41) is 13.1. The molecule has 1 amide bonds. The van der Waals surface area contributed by atoms with Crippen molar-refractivity contribution in [1.29, 1.82) is 0 Å². The summed E-state index contributed by atoms with van der Waals surface area (Å²) in [6.07, 6.45) is 1.40. The van der Waals surface area contributed by atoms with Crippen LogP contribution in [-0.2, 0) is 5.41 Å². The molecule has 26 heavy (non-hydrogen) atoms. The molecule has 0 aliphatic heterocycles. The average molecular weight is 351 g/mol. The summed E-state index contributed by atoms with van der Waals surface area (Å²) in [6, 6.07) is 10.0. The lowest BCUT2D eigenvalue weighted by atomic mass is 9.85. The van der Waals surface area contributed by atoms with Gasteiger partial charge in [0.2, 0.25) is 5.43 Å². The highest BCUT2D eigenvalue weighted by molar-refractivity contribution is 6.06. The third-order valence-electron chi connectivity index (χ3n) is 4.26. The summed E-state index contributed by atoms with van der Waals surface area (Å²) in [5.74, 6) is -0.674. The Balaban J connectivity index is 2.05. The van der Waals surface area contributed by atoms with E-state index in [1.54, 1.807) is 24.3 Å². The van der Waals surface area contributed by atoms with Crippen molar-refractivity contribution >= 4 is 28.2 Å². The minimum atomic E-state index is -0.549. The van der Waals surface area contributed by atoms with Crippen LogP contribution in [0, 0.1) is 0 Å². The number of nitrogens with one attached hydrogen (secondary N) is 2. The molecule has 5 N–H and O–H groups in total. The first kappa shape index (κ1) is 17.5. The molecule has 6 heteroatoms. The zero-order chi connectivity index (χ0) is 19.1. The molecule has 1 heterocycles. The number of para-hydroxylation sites is 1. The van der Waals surface area contributed by atoms with Crippen molar-refractivity contribution in [1.82, 2.24) is 4.98 Å². The number of carbonyl (C=O) groups is 1. The number of H-pyrrole nitrogens is 1. The summed E-state index contributed by atoms with van der Waals surface area (Å²) in [6.45, 7) is 5.91. The van der Waals surface area contributed by atoms with Gasteiger partial charge in [-0.05, 0) is 29.2 Å². The second-order valence-corrected chi connectivity index (χ2v) is 7.24. The average Bonchev–Trinajstić information content (AvgIpc) is 2.57. The summed E-state index contributed by atoms with van der Waals surface area (Å²) < 4.78 is 0. The molecule has 0 saturated carbocycles. The molecule has 3 rings (SSSR count). The number of aromatic hydroxyl groups is 1. The Bertz CT molecular complexity index is 1060. The van der Waals surface area contributed by atoms with Crippen LogP contribution in [0.3, 0.4) is 0 Å². The van der Waals surface area contributed by atoms with E-state index in [0.29, 0.717) is 16.6 Å². The van der Waals surface area contributed by atoms with Crippen LogP contribution in [0.5, 0.6) is 5.75 Å². The second-order valence-electron chi connectivity index (χ2n) is 7.24. The molecule has 0 saturated heterocycles. The predicted octanol–water partition coefficient (Wildman–Crippen LogP) is 3.37. The van der Waals surface area contributed by atoms with E-state index in [4.69, 9.17) is 5.73 Å². The Hall–Kier alpha value is -3.28. The molecule has 0 spiro atoms. The number of aromatic amines is 1. The summed E-state index contributed by atoms with van der Waals surface area (Å²) in [7, 11) is 0. The van der Waals surface area contributed by atoms with E-state index >= 15 is 0 Å². The Labute approximate surface area is 150 Å². The molecule has 0 fully saturated rings. The normalized spacial score (nSPS) is 11.5. The van der Waals surface area contributed by atoms with Gasteiger partial charge in [0, 0.05) is 28.9 Å². The van der Waals surface area contributed by atoms with Gasteiger partial charge in [-0.2, -0.15) is 0 Å². The number of anilines is 2. The topological polar surface area (TPSA) is 108 Å². The van der Waals surface area contributed by atoms with Crippen molar-refractivity contribution in [3.05, 3.63) is 63.9 Å². The number of hydrogen-bond donors (Lipinski definition) is 4. The Morgan fingerprint density at radius 2 is 1.88 bits per heavy atom. The smallest absolute Gasteiger partial charge is 0.261 e. The number of nitrogens with two attached hydrogens (primary N) is 1. The fourth-order valence-corrected chi connectivity index (χ4v) is 2.85. The number of carbonyl (C=O) groups excluding carboxylic acids is 1. The maximum absolute atomic E-state index is 12.7.